The number of nitrogen functional groups attached to an aromatic ring is 1. The van der Waals surface area contributed by atoms with Crippen molar-refractivity contribution in [1.29, 1.82) is 0 Å². The van der Waals surface area contributed by atoms with Gasteiger partial charge in [0.05, 0.1) is 23.0 Å². The average molecular weight is 257 g/mol. The minimum atomic E-state index is -0.788. The van der Waals surface area contributed by atoms with E-state index in [2.05, 4.69) is 4.98 Å². The van der Waals surface area contributed by atoms with Gasteiger partial charge < -0.3 is 20.7 Å². The molecular weight excluding hydrogens is 246 g/mol. The van der Waals surface area contributed by atoms with Gasteiger partial charge in [-0.1, -0.05) is 11.8 Å². The molecule has 3 heterocycles. The van der Waals surface area contributed by atoms with Gasteiger partial charge in [0.15, 0.2) is 6.23 Å². The van der Waals surface area contributed by atoms with Crippen molar-refractivity contribution in [2.45, 2.75) is 28.7 Å². The number of fused-ring (bicyclic) bond motifs is 3. The number of thioether (sulfide) groups is 1. The van der Waals surface area contributed by atoms with Crippen molar-refractivity contribution in [3.05, 3.63) is 16.4 Å². The number of rotatable bonds is 1. The summed E-state index contributed by atoms with van der Waals surface area (Å²) in [5.41, 5.74) is 5.27. The minimum Gasteiger partial charge on any atom is -0.394 e. The van der Waals surface area contributed by atoms with E-state index >= 15 is 0 Å². The first-order valence-corrected chi connectivity index (χ1v) is 6.00. The molecule has 1 fully saturated rings. The van der Waals surface area contributed by atoms with Gasteiger partial charge in [0.1, 0.15) is 6.10 Å². The summed E-state index contributed by atoms with van der Waals surface area (Å²) in [6, 6.07) is 1.36. The summed E-state index contributed by atoms with van der Waals surface area (Å²) in [5.74, 6) is 0.0679. The fraction of sp³-hybridized carbons (Fsp3) is 0.556. The molecule has 2 aliphatic rings. The van der Waals surface area contributed by atoms with Crippen molar-refractivity contribution in [3.63, 3.8) is 0 Å². The Morgan fingerprint density at radius 1 is 1.65 bits per heavy atom. The van der Waals surface area contributed by atoms with Crippen LogP contribution in [-0.2, 0) is 4.74 Å². The summed E-state index contributed by atoms with van der Waals surface area (Å²) < 4.78 is 7.09. The van der Waals surface area contributed by atoms with Crippen LogP contribution in [0.5, 0.6) is 0 Å². The highest BCUT2D eigenvalue weighted by atomic mass is 32.2. The number of nitrogens with zero attached hydrogens (tertiary/aromatic N) is 2. The fourth-order valence-electron chi connectivity index (χ4n) is 2.18. The van der Waals surface area contributed by atoms with Gasteiger partial charge in [0.2, 0.25) is 5.95 Å². The van der Waals surface area contributed by atoms with E-state index in [4.69, 9.17) is 15.6 Å². The molecule has 0 aromatic carbocycles. The van der Waals surface area contributed by atoms with Crippen LogP contribution in [0.4, 0.5) is 5.95 Å². The number of nitrogens with two attached hydrogens (primary N) is 1. The average Bonchev–Trinajstić information content (AvgIpc) is 2.75. The Kier molecular flexibility index (Phi) is 2.40. The predicted octanol–water partition coefficient (Wildman–Crippen LogP) is -1.45. The zero-order chi connectivity index (χ0) is 12.2. The summed E-state index contributed by atoms with van der Waals surface area (Å²) in [6.45, 7) is -0.252. The Hall–Kier alpha value is -1.09. The Labute approximate surface area is 100 Å². The number of aliphatic hydroxyl groups is 2. The van der Waals surface area contributed by atoms with Crippen LogP contribution in [-0.4, -0.2) is 43.8 Å². The molecule has 0 radical (unpaired) electrons. The van der Waals surface area contributed by atoms with E-state index in [0.717, 1.165) is 0 Å². The van der Waals surface area contributed by atoms with E-state index in [1.54, 1.807) is 4.57 Å². The molecule has 1 aromatic rings. The van der Waals surface area contributed by atoms with Crippen molar-refractivity contribution < 1.29 is 14.9 Å². The van der Waals surface area contributed by atoms with Crippen molar-refractivity contribution in [2.24, 2.45) is 0 Å². The van der Waals surface area contributed by atoms with Crippen LogP contribution >= 0.6 is 11.8 Å². The summed E-state index contributed by atoms with van der Waals surface area (Å²) in [6.07, 6.45) is -1.89. The minimum absolute atomic E-state index is 0.0679. The molecule has 7 nitrogen and oxygen atoms in total. The van der Waals surface area contributed by atoms with Gasteiger partial charge in [-0.05, 0) is 0 Å². The first-order valence-electron chi connectivity index (χ1n) is 5.12. The SMILES string of the molecule is Nc1nc(=O)cc2n1[C@@H]1O[C@H](CO)[C@@H](O)[C@@H]1S2. The van der Waals surface area contributed by atoms with Crippen LogP contribution in [0.1, 0.15) is 6.23 Å². The molecule has 0 saturated carbocycles. The van der Waals surface area contributed by atoms with Crippen molar-refractivity contribution >= 4 is 17.7 Å². The monoisotopic (exact) mass is 257 g/mol. The molecule has 2 aliphatic heterocycles. The van der Waals surface area contributed by atoms with Crippen LogP contribution < -0.4 is 11.3 Å². The molecule has 3 rings (SSSR count). The van der Waals surface area contributed by atoms with Crippen LogP contribution in [0, 0.1) is 0 Å². The third-order valence-corrected chi connectivity index (χ3v) is 4.30. The normalized spacial score (nSPS) is 34.7. The van der Waals surface area contributed by atoms with E-state index in [9.17, 15) is 9.90 Å². The molecule has 8 heteroatoms. The second kappa shape index (κ2) is 3.70. The van der Waals surface area contributed by atoms with Gasteiger partial charge in [-0.25, -0.2) is 0 Å². The highest BCUT2D eigenvalue weighted by Gasteiger charge is 2.49. The zero-order valence-electron chi connectivity index (χ0n) is 8.68. The van der Waals surface area contributed by atoms with Gasteiger partial charge in [0.25, 0.3) is 5.56 Å². The van der Waals surface area contributed by atoms with Gasteiger partial charge in [-0.15, -0.1) is 0 Å². The standard InChI is InChI=1S/C9H11N3O4S/c10-9-11-4(14)1-5-12(9)8-7(17-5)6(15)3(2-13)16-8/h1,3,6-8,13,15H,2H2,(H2,10,11,14)/t3-,6-,7+,8-/m1/s1. The van der Waals surface area contributed by atoms with Crippen LogP contribution in [0.3, 0.4) is 0 Å². The predicted molar refractivity (Wildman–Crippen MR) is 59.6 cm³/mol. The first kappa shape index (κ1) is 11.0. The molecular formula is C9H11N3O4S. The van der Waals surface area contributed by atoms with Crippen LogP contribution in [0.15, 0.2) is 15.9 Å². The highest BCUT2D eigenvalue weighted by Crippen LogP contribution is 2.48. The molecule has 4 N–H and O–H groups in total. The summed E-state index contributed by atoms with van der Waals surface area (Å²) in [5, 5.41) is 19.4. The molecule has 0 amide bonds. The quantitative estimate of drug-likeness (QED) is 0.528. The molecule has 0 aliphatic carbocycles. The van der Waals surface area contributed by atoms with E-state index in [1.165, 1.54) is 17.8 Å². The van der Waals surface area contributed by atoms with Gasteiger partial charge in [-0.3, -0.25) is 9.36 Å². The molecule has 0 unspecified atom stereocenters. The largest absolute Gasteiger partial charge is 0.394 e. The lowest BCUT2D eigenvalue weighted by Crippen LogP contribution is -2.30. The van der Waals surface area contributed by atoms with Gasteiger partial charge in [0, 0.05) is 6.07 Å². The van der Waals surface area contributed by atoms with Gasteiger partial charge >= 0.3 is 0 Å². The number of hydrogen-bond donors (Lipinski definition) is 3. The number of aliphatic hydroxyl groups excluding tert-OH is 2. The van der Waals surface area contributed by atoms with Crippen molar-refractivity contribution in [3.8, 4) is 0 Å². The third-order valence-electron chi connectivity index (χ3n) is 2.96. The van der Waals surface area contributed by atoms with E-state index < -0.39 is 24.0 Å². The van der Waals surface area contributed by atoms with Gasteiger partial charge in [-0.2, -0.15) is 4.98 Å². The second-order valence-corrected chi connectivity index (χ2v) is 5.18. The molecule has 1 aromatic heterocycles. The third kappa shape index (κ3) is 1.48. The zero-order valence-corrected chi connectivity index (χ0v) is 9.50. The number of anilines is 1. The topological polar surface area (TPSA) is 111 Å². The molecule has 4 atom stereocenters. The Morgan fingerprint density at radius 2 is 2.41 bits per heavy atom. The molecule has 92 valence electrons. The first-order chi connectivity index (χ1) is 8.11. The lowest BCUT2D eigenvalue weighted by Gasteiger charge is -2.15. The number of aromatic nitrogens is 2. The summed E-state index contributed by atoms with van der Waals surface area (Å²) in [7, 11) is 0. The molecule has 1 saturated heterocycles. The van der Waals surface area contributed by atoms with Crippen LogP contribution in [0.25, 0.3) is 0 Å². The second-order valence-electron chi connectivity index (χ2n) is 3.98. The highest BCUT2D eigenvalue weighted by molar-refractivity contribution is 8.00. The summed E-state index contributed by atoms with van der Waals surface area (Å²) in [4.78, 5) is 14.8. The maximum Gasteiger partial charge on any atom is 0.275 e. The maximum atomic E-state index is 11.2. The number of hydrogen-bond acceptors (Lipinski definition) is 7. The van der Waals surface area contributed by atoms with Crippen molar-refractivity contribution in [1.82, 2.24) is 9.55 Å². The van der Waals surface area contributed by atoms with Crippen molar-refractivity contribution in [2.75, 3.05) is 12.3 Å². The summed E-state index contributed by atoms with van der Waals surface area (Å²) >= 11 is 1.32. The Balaban J connectivity index is 2.05. The Morgan fingerprint density at radius 3 is 3.12 bits per heavy atom. The number of ether oxygens (including phenoxy) is 1. The lowest BCUT2D eigenvalue weighted by atomic mass is 10.2. The molecule has 0 spiro atoms. The van der Waals surface area contributed by atoms with Crippen LogP contribution in [0.2, 0.25) is 0 Å². The molecule has 17 heavy (non-hydrogen) atoms. The lowest BCUT2D eigenvalue weighted by molar-refractivity contribution is -0.0456. The smallest absolute Gasteiger partial charge is 0.275 e. The van der Waals surface area contributed by atoms with E-state index in [-0.39, 0.29) is 17.8 Å². The van der Waals surface area contributed by atoms with E-state index in [1.807, 2.05) is 0 Å². The maximum absolute atomic E-state index is 11.2. The molecule has 0 bridgehead atoms. The van der Waals surface area contributed by atoms with E-state index in [0.29, 0.717) is 5.03 Å². The Bertz CT molecular complexity index is 519. The fourth-order valence-corrected chi connectivity index (χ4v) is 3.55.